The molecule has 38 heavy (non-hydrogen) atoms. The van der Waals surface area contributed by atoms with Crippen molar-refractivity contribution in [2.24, 2.45) is 0 Å². The van der Waals surface area contributed by atoms with Gasteiger partial charge in [0.05, 0.1) is 24.1 Å². The topological polar surface area (TPSA) is 72.9 Å². The van der Waals surface area contributed by atoms with Gasteiger partial charge in [-0.2, -0.15) is 0 Å². The highest BCUT2D eigenvalue weighted by Gasteiger charge is 2.35. The average Bonchev–Trinajstić information content (AvgIpc) is 3.17. The third kappa shape index (κ3) is 5.14. The lowest BCUT2D eigenvalue weighted by Crippen LogP contribution is -2.27. The van der Waals surface area contributed by atoms with E-state index in [0.29, 0.717) is 22.4 Å². The highest BCUT2D eigenvalue weighted by molar-refractivity contribution is 8.18. The van der Waals surface area contributed by atoms with Crippen LogP contribution in [0, 0.1) is 5.82 Å². The van der Waals surface area contributed by atoms with E-state index >= 15 is 0 Å². The van der Waals surface area contributed by atoms with Crippen molar-refractivity contribution in [1.82, 2.24) is 4.90 Å². The summed E-state index contributed by atoms with van der Waals surface area (Å²) in [5.74, 6) is -1.09. The first kappa shape index (κ1) is 25.5. The van der Waals surface area contributed by atoms with Crippen molar-refractivity contribution in [2.45, 2.75) is 6.54 Å². The third-order valence-corrected chi connectivity index (χ3v) is 7.17. The van der Waals surface area contributed by atoms with Crippen LogP contribution in [0.3, 0.4) is 0 Å². The smallest absolute Gasteiger partial charge is 0.344 e. The van der Waals surface area contributed by atoms with Crippen molar-refractivity contribution in [3.05, 3.63) is 111 Å². The number of carbonyl (C=O) groups excluding carboxylic acids is 3. The summed E-state index contributed by atoms with van der Waals surface area (Å²) in [5, 5.41) is 1.31. The summed E-state index contributed by atoms with van der Waals surface area (Å²) in [5.41, 5.74) is 1.37. The second-order valence-electron chi connectivity index (χ2n) is 8.33. The fourth-order valence-corrected chi connectivity index (χ4v) is 5.09. The van der Waals surface area contributed by atoms with Gasteiger partial charge < -0.3 is 9.47 Å². The summed E-state index contributed by atoms with van der Waals surface area (Å²) in [7, 11) is 1.45. The van der Waals surface area contributed by atoms with Crippen molar-refractivity contribution in [3.8, 4) is 11.5 Å². The molecule has 2 amide bonds. The second kappa shape index (κ2) is 10.7. The van der Waals surface area contributed by atoms with E-state index in [1.807, 2.05) is 30.3 Å². The van der Waals surface area contributed by atoms with Crippen LogP contribution in [0.25, 0.3) is 16.8 Å². The predicted molar refractivity (Wildman–Crippen MR) is 145 cm³/mol. The molecule has 0 N–H and O–H groups in total. The molecule has 0 saturated carbocycles. The first-order chi connectivity index (χ1) is 18.3. The van der Waals surface area contributed by atoms with E-state index in [4.69, 9.17) is 21.1 Å². The van der Waals surface area contributed by atoms with E-state index in [1.165, 1.54) is 25.3 Å². The average molecular weight is 548 g/mol. The molecule has 0 unspecified atom stereocenters. The molecule has 0 spiro atoms. The van der Waals surface area contributed by atoms with Crippen molar-refractivity contribution in [3.63, 3.8) is 0 Å². The molecule has 1 heterocycles. The molecule has 4 aromatic rings. The van der Waals surface area contributed by atoms with E-state index in [0.717, 1.165) is 33.5 Å². The number of hydrogen-bond acceptors (Lipinski definition) is 6. The second-order valence-corrected chi connectivity index (χ2v) is 9.73. The number of halogens is 2. The van der Waals surface area contributed by atoms with Crippen molar-refractivity contribution >= 4 is 57.3 Å². The Bertz CT molecular complexity index is 1630. The van der Waals surface area contributed by atoms with Crippen LogP contribution in [0.1, 0.15) is 21.5 Å². The van der Waals surface area contributed by atoms with Crippen LogP contribution in [-0.4, -0.2) is 29.1 Å². The largest absolute Gasteiger partial charge is 0.493 e. The maximum Gasteiger partial charge on any atom is 0.344 e. The van der Waals surface area contributed by atoms with E-state index in [9.17, 15) is 18.8 Å². The number of amides is 2. The fourth-order valence-electron chi connectivity index (χ4n) is 4.03. The Morgan fingerprint density at radius 3 is 2.58 bits per heavy atom. The summed E-state index contributed by atoms with van der Waals surface area (Å²) in [6.45, 7) is -0.0857. The third-order valence-electron chi connectivity index (χ3n) is 5.91. The van der Waals surface area contributed by atoms with Crippen molar-refractivity contribution in [1.29, 1.82) is 0 Å². The molecule has 190 valence electrons. The molecule has 1 aliphatic heterocycles. The van der Waals surface area contributed by atoms with Crippen LogP contribution in [0.15, 0.2) is 83.8 Å². The number of carbonyl (C=O) groups is 3. The Kier molecular flexibility index (Phi) is 7.18. The number of fused-ring (bicyclic) bond motifs is 1. The first-order valence-corrected chi connectivity index (χ1v) is 12.6. The highest BCUT2D eigenvalue weighted by atomic mass is 35.5. The normalized spacial score (nSPS) is 14.4. The summed E-state index contributed by atoms with van der Waals surface area (Å²) >= 11 is 6.84. The highest BCUT2D eigenvalue weighted by Crippen LogP contribution is 2.36. The number of ether oxygens (including phenoxy) is 2. The molecule has 0 bridgehead atoms. The number of benzene rings is 4. The number of thioether (sulfide) groups is 1. The van der Waals surface area contributed by atoms with Gasteiger partial charge in [-0.05, 0) is 70.1 Å². The molecule has 1 saturated heterocycles. The lowest BCUT2D eigenvalue weighted by atomic mass is 10.0. The lowest BCUT2D eigenvalue weighted by molar-refractivity contribution is -0.123. The van der Waals surface area contributed by atoms with Gasteiger partial charge in [-0.1, -0.05) is 60.1 Å². The lowest BCUT2D eigenvalue weighted by Gasteiger charge is -2.13. The van der Waals surface area contributed by atoms with Gasteiger partial charge in [0.2, 0.25) is 0 Å². The first-order valence-electron chi connectivity index (χ1n) is 11.4. The Morgan fingerprint density at radius 2 is 1.79 bits per heavy atom. The number of hydrogen-bond donors (Lipinski definition) is 0. The van der Waals surface area contributed by atoms with Crippen molar-refractivity contribution < 1.29 is 28.2 Å². The zero-order chi connectivity index (χ0) is 26.8. The zero-order valence-corrected chi connectivity index (χ0v) is 21.5. The number of nitrogens with zero attached hydrogens (tertiary/aromatic N) is 1. The molecule has 0 aliphatic carbocycles. The van der Waals surface area contributed by atoms with Gasteiger partial charge in [-0.3, -0.25) is 14.5 Å². The molecular weight excluding hydrogens is 529 g/mol. The molecule has 9 heteroatoms. The van der Waals surface area contributed by atoms with Gasteiger partial charge >= 0.3 is 5.97 Å². The van der Waals surface area contributed by atoms with E-state index in [-0.39, 0.29) is 22.2 Å². The van der Waals surface area contributed by atoms with Crippen LogP contribution in [0.2, 0.25) is 5.02 Å². The maximum atomic E-state index is 13.4. The minimum absolute atomic E-state index is 0.0857. The van der Waals surface area contributed by atoms with Gasteiger partial charge in [0.25, 0.3) is 11.1 Å². The summed E-state index contributed by atoms with van der Waals surface area (Å²) < 4.78 is 24.4. The molecular formula is C29H19ClFNO5S. The number of imide groups is 1. The van der Waals surface area contributed by atoms with Crippen LogP contribution in [0.4, 0.5) is 9.18 Å². The molecule has 1 fully saturated rings. The molecule has 5 rings (SSSR count). The Hall–Kier alpha value is -4.14. The quantitative estimate of drug-likeness (QED) is 0.146. The van der Waals surface area contributed by atoms with Crippen LogP contribution in [-0.2, 0) is 11.3 Å². The minimum Gasteiger partial charge on any atom is -0.493 e. The van der Waals surface area contributed by atoms with Crippen LogP contribution < -0.4 is 9.47 Å². The molecule has 1 aliphatic rings. The molecule has 4 aromatic carbocycles. The Balaban J connectivity index is 1.40. The fraction of sp³-hybridized carbons (Fsp3) is 0.0690. The van der Waals surface area contributed by atoms with Gasteiger partial charge in [-0.25, -0.2) is 9.18 Å². The van der Waals surface area contributed by atoms with E-state index in [1.54, 1.807) is 30.3 Å². The molecule has 0 atom stereocenters. The van der Waals surface area contributed by atoms with Crippen molar-refractivity contribution in [2.75, 3.05) is 7.11 Å². The van der Waals surface area contributed by atoms with Gasteiger partial charge in [0.15, 0.2) is 11.5 Å². The summed E-state index contributed by atoms with van der Waals surface area (Å²) in [4.78, 5) is 39.9. The molecule has 0 radical (unpaired) electrons. The predicted octanol–water partition coefficient (Wildman–Crippen LogP) is 7.10. The van der Waals surface area contributed by atoms with Gasteiger partial charge in [0, 0.05) is 5.02 Å². The summed E-state index contributed by atoms with van der Waals surface area (Å²) in [6, 6.07) is 21.5. The van der Waals surface area contributed by atoms with E-state index in [2.05, 4.69) is 0 Å². The van der Waals surface area contributed by atoms with Gasteiger partial charge in [-0.15, -0.1) is 0 Å². The minimum atomic E-state index is -0.561. The summed E-state index contributed by atoms with van der Waals surface area (Å²) in [6.07, 6.45) is 1.53. The Labute approximate surface area is 226 Å². The number of esters is 1. The number of rotatable bonds is 6. The van der Waals surface area contributed by atoms with Gasteiger partial charge in [0.1, 0.15) is 5.82 Å². The molecule has 0 aromatic heterocycles. The zero-order valence-electron chi connectivity index (χ0n) is 19.9. The molecule has 6 nitrogen and oxygen atoms in total. The van der Waals surface area contributed by atoms with Crippen LogP contribution >= 0.6 is 23.4 Å². The van der Waals surface area contributed by atoms with Crippen LogP contribution in [0.5, 0.6) is 11.5 Å². The maximum absolute atomic E-state index is 13.4. The monoisotopic (exact) mass is 547 g/mol. The standard InChI is InChI=1S/C29H19ClFNO5S/c1-36-24-12-9-17(13-25(24)37-28(34)22-8-4-6-18-5-2-3-7-21(18)22)14-26-27(33)32(29(35)38-26)16-19-10-11-20(31)15-23(19)30/h2-15H,16H2,1H3/b26-14-. The number of methoxy groups -OCH3 is 1. The Morgan fingerprint density at radius 1 is 1.00 bits per heavy atom. The van der Waals surface area contributed by atoms with E-state index < -0.39 is 22.9 Å². The SMILES string of the molecule is COc1ccc(/C=C2\SC(=O)N(Cc3ccc(F)cc3Cl)C2=O)cc1OC(=O)c1cccc2ccccc12.